The lowest BCUT2D eigenvalue weighted by molar-refractivity contribution is 0.0708. The number of hydrogen-bond acceptors (Lipinski definition) is 5. The first kappa shape index (κ1) is 19.7. The fourth-order valence-electron chi connectivity index (χ4n) is 3.74. The van der Waals surface area contributed by atoms with E-state index in [1.165, 1.54) is 12.1 Å². The van der Waals surface area contributed by atoms with E-state index in [1.807, 2.05) is 30.5 Å². The topological polar surface area (TPSA) is 59.8 Å². The summed E-state index contributed by atoms with van der Waals surface area (Å²) in [5.41, 5.74) is 0.916. The van der Waals surface area contributed by atoms with E-state index < -0.39 is 11.9 Å². The van der Waals surface area contributed by atoms with Crippen LogP contribution < -0.4 is 5.43 Å². The van der Waals surface area contributed by atoms with Gasteiger partial charge in [0.2, 0.25) is 5.76 Å². The molecule has 1 atom stereocenters. The zero-order valence-electron chi connectivity index (χ0n) is 16.1. The first-order valence-corrected chi connectivity index (χ1v) is 10.5. The van der Waals surface area contributed by atoms with Crippen LogP contribution in [0.5, 0.6) is 0 Å². The van der Waals surface area contributed by atoms with E-state index in [9.17, 15) is 14.0 Å². The van der Waals surface area contributed by atoms with Crippen LogP contribution in [0, 0.1) is 5.82 Å². The number of thioether (sulfide) groups is 1. The van der Waals surface area contributed by atoms with Crippen LogP contribution >= 0.6 is 11.8 Å². The molecule has 0 bridgehead atoms. The summed E-state index contributed by atoms with van der Waals surface area (Å²) in [6.07, 6.45) is 2.60. The van der Waals surface area contributed by atoms with Gasteiger partial charge in [-0.05, 0) is 48.6 Å². The molecule has 150 valence electrons. The van der Waals surface area contributed by atoms with Gasteiger partial charge in [0.05, 0.1) is 17.0 Å². The summed E-state index contributed by atoms with van der Waals surface area (Å²) in [6.45, 7) is 0.906. The maximum absolute atomic E-state index is 13.8. The molecule has 29 heavy (non-hydrogen) atoms. The van der Waals surface area contributed by atoms with Crippen LogP contribution in [-0.2, 0) is 4.74 Å². The first-order chi connectivity index (χ1) is 14.0. The van der Waals surface area contributed by atoms with E-state index in [0.717, 1.165) is 16.5 Å². The average Bonchev–Trinajstić information content (AvgIpc) is 3.01. The molecule has 3 aromatic rings. The third-order valence-electron chi connectivity index (χ3n) is 5.11. The normalized spacial score (nSPS) is 15.9. The number of nitrogens with zero attached hydrogens (tertiary/aromatic N) is 1. The molecular weight excluding hydrogens is 393 g/mol. The molecule has 5 nitrogen and oxygen atoms in total. The molecule has 0 aliphatic carbocycles. The fourth-order valence-corrected chi connectivity index (χ4v) is 4.14. The van der Waals surface area contributed by atoms with Crippen molar-refractivity contribution in [1.82, 2.24) is 4.90 Å². The summed E-state index contributed by atoms with van der Waals surface area (Å²) in [7, 11) is 1.60. The van der Waals surface area contributed by atoms with Crippen molar-refractivity contribution in [3.05, 3.63) is 75.4 Å². The predicted octanol–water partition coefficient (Wildman–Crippen LogP) is 4.24. The van der Waals surface area contributed by atoms with Gasteiger partial charge in [0.15, 0.2) is 5.43 Å². The number of carbonyl (C=O) groups is 1. The summed E-state index contributed by atoms with van der Waals surface area (Å²) in [5.74, 6) is -0.823. The van der Waals surface area contributed by atoms with Gasteiger partial charge in [-0.2, -0.15) is 0 Å². The standard InChI is InChI=1S/C22H20FNO4S/c1-27-11-3-10-24-19(13-4-7-15(29-2)8-5-13)18-20(25)16-12-14(23)6-9-17(16)28-21(18)22(24)26/h4-9,12,19H,3,10-11H2,1-2H3. The molecule has 2 heterocycles. The van der Waals surface area contributed by atoms with Crippen LogP contribution in [0.25, 0.3) is 11.0 Å². The molecule has 2 aromatic carbocycles. The van der Waals surface area contributed by atoms with Gasteiger partial charge in [-0.25, -0.2) is 4.39 Å². The van der Waals surface area contributed by atoms with Gasteiger partial charge >= 0.3 is 0 Å². The lowest BCUT2D eigenvalue weighted by Crippen LogP contribution is -2.31. The van der Waals surface area contributed by atoms with Gasteiger partial charge in [-0.1, -0.05) is 12.1 Å². The van der Waals surface area contributed by atoms with Crippen LogP contribution in [0.4, 0.5) is 4.39 Å². The van der Waals surface area contributed by atoms with E-state index >= 15 is 0 Å². The van der Waals surface area contributed by atoms with Crippen LogP contribution in [0.2, 0.25) is 0 Å². The van der Waals surface area contributed by atoms with Crippen molar-refractivity contribution in [2.45, 2.75) is 17.4 Å². The molecule has 1 aliphatic rings. The monoisotopic (exact) mass is 413 g/mol. The van der Waals surface area contributed by atoms with Crippen molar-refractivity contribution in [2.24, 2.45) is 0 Å². The summed E-state index contributed by atoms with van der Waals surface area (Å²) in [6, 6.07) is 10.9. The number of carbonyl (C=O) groups excluding carboxylic acids is 1. The quantitative estimate of drug-likeness (QED) is 0.447. The Morgan fingerprint density at radius 3 is 2.62 bits per heavy atom. The molecule has 7 heteroatoms. The van der Waals surface area contributed by atoms with Crippen molar-refractivity contribution >= 4 is 28.6 Å². The highest BCUT2D eigenvalue weighted by atomic mass is 32.2. The lowest BCUT2D eigenvalue weighted by atomic mass is 9.98. The third-order valence-corrected chi connectivity index (χ3v) is 5.85. The van der Waals surface area contributed by atoms with E-state index in [0.29, 0.717) is 19.6 Å². The second-order valence-electron chi connectivity index (χ2n) is 6.84. The molecule has 0 fully saturated rings. The van der Waals surface area contributed by atoms with Gasteiger partial charge in [0.1, 0.15) is 11.4 Å². The molecule has 1 amide bonds. The summed E-state index contributed by atoms with van der Waals surface area (Å²) in [5, 5.41) is 0.140. The number of amides is 1. The van der Waals surface area contributed by atoms with Crippen molar-refractivity contribution in [1.29, 1.82) is 0 Å². The Hall–Kier alpha value is -2.64. The number of fused-ring (bicyclic) bond motifs is 2. The number of hydrogen-bond donors (Lipinski definition) is 0. The number of methoxy groups -OCH3 is 1. The highest BCUT2D eigenvalue weighted by Crippen LogP contribution is 2.38. The molecule has 1 aromatic heterocycles. The van der Waals surface area contributed by atoms with E-state index in [2.05, 4.69) is 0 Å². The SMILES string of the molecule is COCCCN1C(=O)c2oc3ccc(F)cc3c(=O)c2C1c1ccc(SC)cc1. The Labute approximate surface area is 171 Å². The third kappa shape index (κ3) is 3.45. The second-order valence-corrected chi connectivity index (χ2v) is 7.71. The highest BCUT2D eigenvalue weighted by Gasteiger charge is 2.42. The minimum absolute atomic E-state index is 0.0328. The van der Waals surface area contributed by atoms with Crippen molar-refractivity contribution < 1.29 is 18.3 Å². The van der Waals surface area contributed by atoms with Crippen LogP contribution in [0.15, 0.2) is 56.6 Å². The number of ether oxygens (including phenoxy) is 1. The molecule has 0 saturated carbocycles. The van der Waals surface area contributed by atoms with Crippen LogP contribution in [-0.4, -0.2) is 37.3 Å². The molecule has 0 radical (unpaired) electrons. The van der Waals surface area contributed by atoms with Gasteiger partial charge in [0.25, 0.3) is 5.91 Å². The Bertz CT molecular complexity index is 1130. The van der Waals surface area contributed by atoms with Crippen molar-refractivity contribution in [3.63, 3.8) is 0 Å². The molecule has 1 unspecified atom stereocenters. The van der Waals surface area contributed by atoms with E-state index in [4.69, 9.17) is 9.15 Å². The van der Waals surface area contributed by atoms with Crippen molar-refractivity contribution in [2.75, 3.05) is 26.5 Å². The fraction of sp³-hybridized carbons (Fsp3) is 0.273. The maximum atomic E-state index is 13.8. The molecule has 4 rings (SSSR count). The van der Waals surface area contributed by atoms with Crippen LogP contribution in [0.3, 0.4) is 0 Å². The predicted molar refractivity (Wildman–Crippen MR) is 110 cm³/mol. The first-order valence-electron chi connectivity index (χ1n) is 9.25. The number of benzene rings is 2. The Morgan fingerprint density at radius 1 is 1.17 bits per heavy atom. The summed E-state index contributed by atoms with van der Waals surface area (Å²) >= 11 is 1.61. The molecule has 0 saturated heterocycles. The lowest BCUT2D eigenvalue weighted by Gasteiger charge is -2.25. The van der Waals surface area contributed by atoms with Gasteiger partial charge in [0, 0.05) is 25.2 Å². The summed E-state index contributed by atoms with van der Waals surface area (Å²) in [4.78, 5) is 29.1. The second kappa shape index (κ2) is 8.00. The number of halogens is 1. The minimum atomic E-state index is -0.575. The maximum Gasteiger partial charge on any atom is 0.290 e. The smallest absolute Gasteiger partial charge is 0.290 e. The zero-order valence-corrected chi connectivity index (χ0v) is 16.9. The molecule has 0 spiro atoms. The summed E-state index contributed by atoms with van der Waals surface area (Å²) < 4.78 is 24.7. The Morgan fingerprint density at radius 2 is 1.93 bits per heavy atom. The van der Waals surface area contributed by atoms with E-state index in [-0.39, 0.29) is 33.6 Å². The van der Waals surface area contributed by atoms with Gasteiger partial charge < -0.3 is 14.1 Å². The largest absolute Gasteiger partial charge is 0.450 e. The Balaban J connectivity index is 1.90. The van der Waals surface area contributed by atoms with Crippen molar-refractivity contribution in [3.8, 4) is 0 Å². The Kier molecular flexibility index (Phi) is 5.43. The zero-order chi connectivity index (χ0) is 20.5. The molecule has 1 aliphatic heterocycles. The number of rotatable bonds is 6. The van der Waals surface area contributed by atoms with Gasteiger partial charge in [-0.15, -0.1) is 11.8 Å². The highest BCUT2D eigenvalue weighted by molar-refractivity contribution is 7.98. The minimum Gasteiger partial charge on any atom is -0.450 e. The molecular formula is C22H20FNO4S. The average molecular weight is 413 g/mol. The van der Waals surface area contributed by atoms with Crippen LogP contribution in [0.1, 0.15) is 34.1 Å². The van der Waals surface area contributed by atoms with E-state index in [1.54, 1.807) is 23.8 Å². The van der Waals surface area contributed by atoms with Gasteiger partial charge in [-0.3, -0.25) is 9.59 Å². The molecule has 0 N–H and O–H groups in total.